The van der Waals surface area contributed by atoms with Gasteiger partial charge in [-0.2, -0.15) is 9.97 Å². The molecule has 2 fully saturated rings. The lowest BCUT2D eigenvalue weighted by Crippen LogP contribution is -2.30. The number of nitrogens with one attached hydrogen (secondary N) is 2. The Hall–Kier alpha value is -3.60. The van der Waals surface area contributed by atoms with Gasteiger partial charge in [-0.1, -0.05) is 0 Å². The van der Waals surface area contributed by atoms with Crippen LogP contribution in [0.15, 0.2) is 18.7 Å². The first-order chi connectivity index (χ1) is 15.1. The molecule has 11 nitrogen and oxygen atoms in total. The maximum Gasteiger partial charge on any atom is 0.326 e. The summed E-state index contributed by atoms with van der Waals surface area (Å²) >= 11 is 0. The highest BCUT2D eigenvalue weighted by atomic mass is 16.5. The van der Waals surface area contributed by atoms with E-state index in [1.165, 1.54) is 6.33 Å². The first kappa shape index (κ1) is 18.2. The number of aromatic amines is 1. The summed E-state index contributed by atoms with van der Waals surface area (Å²) in [6.45, 7) is 3.42. The third-order valence-corrected chi connectivity index (χ3v) is 6.30. The van der Waals surface area contributed by atoms with E-state index in [9.17, 15) is 0 Å². The monoisotopic (exact) mass is 418 g/mol. The second kappa shape index (κ2) is 6.45. The Morgan fingerprint density at radius 2 is 2.00 bits per heavy atom. The topological polar surface area (TPSA) is 144 Å². The van der Waals surface area contributed by atoms with Gasteiger partial charge in [-0.15, -0.1) is 0 Å². The van der Waals surface area contributed by atoms with E-state index in [0.717, 1.165) is 48.2 Å². The number of nitrogens with zero attached hydrogens (tertiary/aromatic N) is 7. The minimum Gasteiger partial charge on any atom is -0.421 e. The molecule has 1 aliphatic carbocycles. The lowest BCUT2D eigenvalue weighted by Gasteiger charge is -2.18. The smallest absolute Gasteiger partial charge is 0.326 e. The predicted molar refractivity (Wildman–Crippen MR) is 115 cm³/mol. The van der Waals surface area contributed by atoms with E-state index in [-0.39, 0.29) is 17.5 Å². The fourth-order valence-corrected chi connectivity index (χ4v) is 4.40. The average Bonchev–Trinajstić information content (AvgIpc) is 3.35. The highest BCUT2D eigenvalue weighted by Crippen LogP contribution is 2.53. The van der Waals surface area contributed by atoms with Gasteiger partial charge in [-0.05, 0) is 19.8 Å². The van der Waals surface area contributed by atoms with Gasteiger partial charge in [0.15, 0.2) is 11.6 Å². The van der Waals surface area contributed by atoms with Crippen molar-refractivity contribution in [1.29, 1.82) is 0 Å². The van der Waals surface area contributed by atoms with Crippen molar-refractivity contribution >= 4 is 33.7 Å². The van der Waals surface area contributed by atoms with Crippen LogP contribution in [0.1, 0.15) is 18.7 Å². The molecule has 31 heavy (non-hydrogen) atoms. The Morgan fingerprint density at radius 3 is 2.71 bits per heavy atom. The van der Waals surface area contributed by atoms with Crippen LogP contribution in [0.25, 0.3) is 22.1 Å². The van der Waals surface area contributed by atoms with Crippen molar-refractivity contribution in [2.45, 2.75) is 25.8 Å². The third-order valence-electron chi connectivity index (χ3n) is 6.30. The summed E-state index contributed by atoms with van der Waals surface area (Å²) in [6, 6.07) is 0.339. The maximum absolute atomic E-state index is 6.48. The Balaban J connectivity index is 1.52. The van der Waals surface area contributed by atoms with E-state index >= 15 is 0 Å². The van der Waals surface area contributed by atoms with Crippen LogP contribution in [0.5, 0.6) is 11.8 Å². The summed E-state index contributed by atoms with van der Waals surface area (Å²) in [6.07, 6.45) is 7.07. The Bertz CT molecular complexity index is 1300. The van der Waals surface area contributed by atoms with Crippen LogP contribution in [-0.4, -0.2) is 61.1 Å². The lowest BCUT2D eigenvalue weighted by atomic mass is 10.0. The van der Waals surface area contributed by atoms with Crippen molar-refractivity contribution in [3.05, 3.63) is 24.5 Å². The molecule has 0 bridgehead atoms. The number of ether oxygens (including phenoxy) is 1. The van der Waals surface area contributed by atoms with Gasteiger partial charge in [0.1, 0.15) is 34.7 Å². The molecule has 4 aromatic heterocycles. The molecular weight excluding hydrogens is 396 g/mol. The first-order valence-corrected chi connectivity index (χ1v) is 10.3. The maximum atomic E-state index is 6.48. The lowest BCUT2D eigenvalue weighted by molar-refractivity contribution is 0.439. The SMILES string of the molecule is CNc1ncnc2c1[nH]c1nc(Oc3cnc(C)nc3)nc(N3CC(N)C4(CC4)C3)c12. The van der Waals surface area contributed by atoms with Crippen molar-refractivity contribution in [2.24, 2.45) is 11.1 Å². The van der Waals surface area contributed by atoms with E-state index < -0.39 is 0 Å². The average molecular weight is 418 g/mol. The van der Waals surface area contributed by atoms with Crippen molar-refractivity contribution in [3.8, 4) is 11.8 Å². The Morgan fingerprint density at radius 1 is 1.19 bits per heavy atom. The molecule has 2 aliphatic rings. The van der Waals surface area contributed by atoms with E-state index in [1.54, 1.807) is 12.4 Å². The van der Waals surface area contributed by atoms with Crippen molar-refractivity contribution in [1.82, 2.24) is 34.9 Å². The van der Waals surface area contributed by atoms with Gasteiger partial charge in [0.25, 0.3) is 0 Å². The minimum atomic E-state index is 0.125. The summed E-state index contributed by atoms with van der Waals surface area (Å²) < 4.78 is 5.91. The van der Waals surface area contributed by atoms with Crippen molar-refractivity contribution in [3.63, 3.8) is 0 Å². The zero-order valence-electron chi connectivity index (χ0n) is 17.3. The fourth-order valence-electron chi connectivity index (χ4n) is 4.40. The molecule has 1 spiro atoms. The number of hydrogen-bond acceptors (Lipinski definition) is 10. The third kappa shape index (κ3) is 2.84. The molecule has 4 aromatic rings. The number of anilines is 2. The fraction of sp³-hybridized carbons (Fsp3) is 0.400. The van der Waals surface area contributed by atoms with E-state index in [1.807, 2.05) is 14.0 Å². The summed E-state index contributed by atoms with van der Waals surface area (Å²) in [5.41, 5.74) is 8.84. The standard InChI is InChI=1S/C20H22N10O/c1-10-23-5-11(6-24-10)31-19-28-16-13(14-15(27-16)17(22-2)26-9-25-14)18(29-19)30-7-12(21)20(8-30)3-4-20/h5-6,9,12H,3-4,7-8,21H2,1-2H3,(H,22,25,26)(H,27,28,29). The summed E-state index contributed by atoms with van der Waals surface area (Å²) in [4.78, 5) is 32.2. The van der Waals surface area contributed by atoms with Gasteiger partial charge in [0.2, 0.25) is 0 Å². The normalized spacial score (nSPS) is 19.5. The van der Waals surface area contributed by atoms with Crippen LogP contribution in [0.2, 0.25) is 0 Å². The molecule has 4 N–H and O–H groups in total. The molecule has 11 heteroatoms. The van der Waals surface area contributed by atoms with Crippen LogP contribution < -0.4 is 20.7 Å². The summed E-state index contributed by atoms with van der Waals surface area (Å²) in [5, 5.41) is 3.94. The van der Waals surface area contributed by atoms with E-state index in [2.05, 4.69) is 40.1 Å². The van der Waals surface area contributed by atoms with Crippen LogP contribution in [0, 0.1) is 12.3 Å². The number of rotatable bonds is 4. The van der Waals surface area contributed by atoms with Gasteiger partial charge in [-0.25, -0.2) is 19.9 Å². The molecular formula is C20H22N10O. The number of nitrogens with two attached hydrogens (primary N) is 1. The molecule has 0 amide bonds. The molecule has 1 aliphatic heterocycles. The van der Waals surface area contributed by atoms with E-state index in [4.69, 9.17) is 15.5 Å². The quantitative estimate of drug-likeness (QED) is 0.448. The highest BCUT2D eigenvalue weighted by molar-refractivity contribution is 6.11. The molecule has 0 radical (unpaired) electrons. The Labute approximate surface area is 177 Å². The van der Waals surface area contributed by atoms with Gasteiger partial charge < -0.3 is 25.7 Å². The molecule has 1 saturated carbocycles. The number of hydrogen-bond donors (Lipinski definition) is 3. The molecule has 1 atom stereocenters. The van der Waals surface area contributed by atoms with Crippen molar-refractivity contribution < 1.29 is 4.74 Å². The number of aromatic nitrogens is 7. The van der Waals surface area contributed by atoms with Crippen LogP contribution in [-0.2, 0) is 0 Å². The van der Waals surface area contributed by atoms with Crippen molar-refractivity contribution in [2.75, 3.05) is 30.4 Å². The molecule has 1 saturated heterocycles. The molecule has 1 unspecified atom stereocenters. The van der Waals surface area contributed by atoms with Gasteiger partial charge in [-0.3, -0.25) is 0 Å². The minimum absolute atomic E-state index is 0.125. The molecule has 0 aromatic carbocycles. The second-order valence-corrected chi connectivity index (χ2v) is 8.29. The zero-order chi connectivity index (χ0) is 21.2. The van der Waals surface area contributed by atoms with Crippen LogP contribution in [0.4, 0.5) is 11.6 Å². The van der Waals surface area contributed by atoms with Crippen LogP contribution >= 0.6 is 0 Å². The van der Waals surface area contributed by atoms with Crippen LogP contribution in [0.3, 0.4) is 0 Å². The molecule has 6 rings (SSSR count). The second-order valence-electron chi connectivity index (χ2n) is 8.29. The van der Waals surface area contributed by atoms with Gasteiger partial charge >= 0.3 is 6.01 Å². The number of fused-ring (bicyclic) bond motifs is 3. The summed E-state index contributed by atoms with van der Waals surface area (Å²) in [7, 11) is 1.82. The van der Waals surface area contributed by atoms with Gasteiger partial charge in [0.05, 0.1) is 17.8 Å². The Kier molecular flexibility index (Phi) is 3.78. The first-order valence-electron chi connectivity index (χ1n) is 10.3. The van der Waals surface area contributed by atoms with Gasteiger partial charge in [0, 0.05) is 31.6 Å². The number of H-pyrrole nitrogens is 1. The summed E-state index contributed by atoms with van der Waals surface area (Å²) in [5.74, 6) is 2.60. The number of aryl methyl sites for hydroxylation is 1. The largest absolute Gasteiger partial charge is 0.421 e. The highest BCUT2D eigenvalue weighted by Gasteiger charge is 2.54. The molecule has 5 heterocycles. The van der Waals surface area contributed by atoms with E-state index in [0.29, 0.717) is 23.0 Å². The zero-order valence-corrected chi connectivity index (χ0v) is 17.3. The predicted octanol–water partition coefficient (Wildman–Crippen LogP) is 1.76. The molecule has 158 valence electrons.